The van der Waals surface area contributed by atoms with Gasteiger partial charge in [-0.2, -0.15) is 9.98 Å². The second kappa shape index (κ2) is 27.5. The molecule has 0 atom stereocenters. The molecule has 2 fully saturated rings. The van der Waals surface area contributed by atoms with Crippen LogP contribution in [0.2, 0.25) is 0 Å². The molecule has 13 heteroatoms. The van der Waals surface area contributed by atoms with Gasteiger partial charge in [0.05, 0.1) is 35.6 Å². The number of unbranched alkanes of at least 4 members (excludes halogenated alkanes) is 23. The second-order valence-corrected chi connectivity index (χ2v) is 23.3. The molecule has 0 radical (unpaired) electrons. The van der Waals surface area contributed by atoms with Crippen LogP contribution in [0, 0.1) is 0 Å². The number of ether oxygens (including phenoxy) is 2. The quantitative estimate of drug-likeness (QED) is 0.0500. The number of nitrogens with zero attached hydrogens (tertiary/aromatic N) is 5. The van der Waals surface area contributed by atoms with Crippen molar-refractivity contribution < 1.29 is 28.1 Å². The average Bonchev–Trinajstić information content (AvgIpc) is 3.69. The minimum Gasteiger partial charge on any atom is -0.494 e. The summed E-state index contributed by atoms with van der Waals surface area (Å²) in [5.41, 5.74) is 1.07. The van der Waals surface area contributed by atoms with Crippen molar-refractivity contribution >= 4 is 48.7 Å². The van der Waals surface area contributed by atoms with E-state index < -0.39 is 36.6 Å². The van der Waals surface area contributed by atoms with Crippen LogP contribution in [-0.2, 0) is 18.6 Å². The number of aliphatic imine (C=N–C) groups is 4. The normalized spacial score (nSPS) is 19.6. The third-order valence-corrected chi connectivity index (χ3v) is 16.1. The molecule has 0 bridgehead atoms. The molecule has 6 rings (SSSR count). The van der Waals surface area contributed by atoms with Gasteiger partial charge in [0, 0.05) is 28.5 Å². The molecule has 5 aliphatic rings. The van der Waals surface area contributed by atoms with E-state index in [1.165, 1.54) is 128 Å². The number of benzene rings is 1. The van der Waals surface area contributed by atoms with Crippen LogP contribution in [0.4, 0.5) is 0 Å². The molecule has 1 aromatic rings. The molecule has 0 spiro atoms. The maximum atomic E-state index is 6.99. The van der Waals surface area contributed by atoms with E-state index in [1.54, 1.807) is 0 Å². The first-order valence-corrected chi connectivity index (χ1v) is 29.2. The SMILES string of the molecule is CCCCCCCCCCCCC1=NC2=NC(C)=NC3=C(c4cc(OCCCCCCCCCC)c(B5OC(C)(C)C(C)(C)O5)cc4OCCCCCCCCCC)C=C(B4OC(C)(C)C(C)(C)O4)C(=N1)N23. The predicted octanol–water partition coefficient (Wildman–Crippen LogP) is 15.5. The summed E-state index contributed by atoms with van der Waals surface area (Å²) in [4.78, 5) is 22.7. The summed E-state index contributed by atoms with van der Waals surface area (Å²) in [6, 6.07) is 4.25. The first-order chi connectivity index (χ1) is 34.5. The molecule has 1 aromatic carbocycles. The molecule has 11 nitrogen and oxygen atoms in total. The maximum Gasteiger partial charge on any atom is 0.498 e. The van der Waals surface area contributed by atoms with Crippen LogP contribution >= 0.6 is 0 Å². The largest absolute Gasteiger partial charge is 0.498 e. The fourth-order valence-corrected chi connectivity index (χ4v) is 10.0. The van der Waals surface area contributed by atoms with E-state index in [2.05, 4.69) is 94.4 Å². The smallest absolute Gasteiger partial charge is 0.494 e. The zero-order valence-corrected chi connectivity index (χ0v) is 47.6. The van der Waals surface area contributed by atoms with Crippen LogP contribution in [0.5, 0.6) is 11.5 Å². The lowest BCUT2D eigenvalue weighted by molar-refractivity contribution is 0.00578. The van der Waals surface area contributed by atoms with Crippen LogP contribution in [-0.4, -0.2) is 78.2 Å². The van der Waals surface area contributed by atoms with Gasteiger partial charge in [0.1, 0.15) is 29.0 Å². The second-order valence-electron chi connectivity index (χ2n) is 23.3. The number of allylic oxidation sites excluding steroid dienone is 2. The van der Waals surface area contributed by atoms with Crippen molar-refractivity contribution in [2.45, 2.75) is 279 Å². The Kier molecular flexibility index (Phi) is 22.2. The van der Waals surface area contributed by atoms with Crippen LogP contribution < -0.4 is 14.9 Å². The van der Waals surface area contributed by atoms with Gasteiger partial charge in [0.15, 0.2) is 5.82 Å². The first kappa shape index (κ1) is 58.0. The summed E-state index contributed by atoms with van der Waals surface area (Å²) in [5.74, 6) is 4.78. The Balaban J connectivity index is 1.37. The van der Waals surface area contributed by atoms with E-state index in [1.807, 2.05) is 11.8 Å². The molecule has 72 heavy (non-hydrogen) atoms. The summed E-state index contributed by atoms with van der Waals surface area (Å²) in [5, 5.41) is 0. The third kappa shape index (κ3) is 15.4. The molecule has 0 aromatic heterocycles. The minimum atomic E-state index is -0.710. The van der Waals surface area contributed by atoms with E-state index in [0.717, 1.165) is 72.9 Å². The average molecular weight is 994 g/mol. The number of hydrogen-bond donors (Lipinski definition) is 0. The molecule has 400 valence electrons. The first-order valence-electron chi connectivity index (χ1n) is 29.2. The van der Waals surface area contributed by atoms with Gasteiger partial charge in [-0.3, -0.25) is 0 Å². The molecule has 0 aliphatic carbocycles. The summed E-state index contributed by atoms with van der Waals surface area (Å²) in [7, 11) is -1.36. The van der Waals surface area contributed by atoms with Crippen molar-refractivity contribution in [1.82, 2.24) is 4.90 Å². The standard InChI is InChI=1S/C59H97B2N5O6/c1-13-16-19-22-25-28-29-30-33-36-39-52-64-54-49(61-71-58(9,10)59(11,12)72-61)42-47(53-62-45(4)63-55(65-52)66(53)54)46-43-51(68-41-38-35-32-27-24-21-18-15-3)48(60-69-56(5,6)57(7,8)70-60)44-50(46)67-40-37-34-31-26-23-20-17-14-2/h42-44H,13-41H2,1-12H3. The lowest BCUT2D eigenvalue weighted by Gasteiger charge is -2.36. The number of rotatable bonds is 34. The summed E-state index contributed by atoms with van der Waals surface area (Å²) >= 11 is 0. The highest BCUT2D eigenvalue weighted by molar-refractivity contribution is 6.64. The molecular formula is C59H97B2N5O6. The van der Waals surface area contributed by atoms with Crippen molar-refractivity contribution in [1.29, 1.82) is 0 Å². The van der Waals surface area contributed by atoms with Crippen molar-refractivity contribution in [2.75, 3.05) is 13.2 Å². The van der Waals surface area contributed by atoms with Gasteiger partial charge < -0.3 is 28.1 Å². The van der Waals surface area contributed by atoms with E-state index >= 15 is 0 Å². The van der Waals surface area contributed by atoms with Crippen molar-refractivity contribution in [3.63, 3.8) is 0 Å². The van der Waals surface area contributed by atoms with Gasteiger partial charge >= 0.3 is 14.2 Å². The Bertz CT molecular complexity index is 2070. The van der Waals surface area contributed by atoms with Crippen LogP contribution in [0.1, 0.15) is 262 Å². The number of amidine groups is 3. The van der Waals surface area contributed by atoms with Crippen molar-refractivity contribution in [2.24, 2.45) is 20.0 Å². The van der Waals surface area contributed by atoms with Crippen LogP contribution in [0.15, 0.2) is 49.5 Å². The van der Waals surface area contributed by atoms with E-state index in [9.17, 15) is 0 Å². The molecule has 0 N–H and O–H groups in total. The highest BCUT2D eigenvalue weighted by Gasteiger charge is 2.56. The van der Waals surface area contributed by atoms with E-state index in [4.69, 9.17) is 48.1 Å². The molecular weight excluding hydrogens is 896 g/mol. The zero-order chi connectivity index (χ0) is 51.8. The van der Waals surface area contributed by atoms with E-state index in [0.29, 0.717) is 48.2 Å². The lowest BCUT2D eigenvalue weighted by atomic mass is 9.73. The van der Waals surface area contributed by atoms with Crippen molar-refractivity contribution in [3.05, 3.63) is 35.1 Å². The van der Waals surface area contributed by atoms with Crippen molar-refractivity contribution in [3.8, 4) is 11.5 Å². The summed E-state index contributed by atoms with van der Waals surface area (Å²) < 4.78 is 41.2. The van der Waals surface area contributed by atoms with Crippen LogP contribution in [0.3, 0.4) is 0 Å². The monoisotopic (exact) mass is 994 g/mol. The van der Waals surface area contributed by atoms with Gasteiger partial charge in [-0.15, -0.1) is 0 Å². The van der Waals surface area contributed by atoms with Gasteiger partial charge in [-0.25, -0.2) is 14.9 Å². The minimum absolute atomic E-state index is 0.543. The summed E-state index contributed by atoms with van der Waals surface area (Å²) in [6.07, 6.45) is 35.1. The Labute approximate surface area is 438 Å². The number of hydrogen-bond acceptors (Lipinski definition) is 11. The molecule has 5 aliphatic heterocycles. The van der Waals surface area contributed by atoms with Crippen LogP contribution in [0.25, 0.3) is 5.57 Å². The predicted molar refractivity (Wildman–Crippen MR) is 303 cm³/mol. The third-order valence-electron chi connectivity index (χ3n) is 16.1. The number of guanidine groups is 1. The fraction of sp³-hybridized carbons (Fsp3) is 0.763. The highest BCUT2D eigenvalue weighted by atomic mass is 16.7. The van der Waals surface area contributed by atoms with Gasteiger partial charge in [0.2, 0.25) is 5.96 Å². The fourth-order valence-electron chi connectivity index (χ4n) is 10.0. The van der Waals surface area contributed by atoms with Gasteiger partial charge in [0.25, 0.3) is 0 Å². The van der Waals surface area contributed by atoms with Gasteiger partial charge in [-0.05, 0) is 99.8 Å². The molecule has 2 saturated heterocycles. The molecule has 0 unspecified atom stereocenters. The summed E-state index contributed by atoms with van der Waals surface area (Å²) in [6.45, 7) is 26.7. The Hall–Kier alpha value is -3.25. The highest BCUT2D eigenvalue weighted by Crippen LogP contribution is 2.45. The zero-order valence-electron chi connectivity index (χ0n) is 47.6. The Morgan fingerprint density at radius 1 is 0.486 bits per heavy atom. The molecule has 0 amide bonds. The Morgan fingerprint density at radius 3 is 1.40 bits per heavy atom. The molecule has 5 heterocycles. The maximum absolute atomic E-state index is 6.99. The lowest BCUT2D eigenvalue weighted by Crippen LogP contribution is -2.47. The van der Waals surface area contributed by atoms with E-state index in [-0.39, 0.29) is 0 Å². The molecule has 0 saturated carbocycles. The van der Waals surface area contributed by atoms with Gasteiger partial charge in [-0.1, -0.05) is 168 Å². The Morgan fingerprint density at radius 2 is 0.917 bits per heavy atom. The topological polar surface area (TPSA) is 108 Å².